The highest BCUT2D eigenvalue weighted by Gasteiger charge is 2.31. The second-order valence-corrected chi connectivity index (χ2v) is 8.19. The third kappa shape index (κ3) is 4.96. The first kappa shape index (κ1) is 20.3. The van der Waals surface area contributed by atoms with Gasteiger partial charge in [0, 0.05) is 16.8 Å². The highest BCUT2D eigenvalue weighted by atomic mass is 16.2. The molecule has 0 saturated carbocycles. The molecule has 1 aliphatic rings. The summed E-state index contributed by atoms with van der Waals surface area (Å²) in [5, 5.41) is 3.19. The molecule has 1 atom stereocenters. The summed E-state index contributed by atoms with van der Waals surface area (Å²) in [6.45, 7) is 7.37. The van der Waals surface area contributed by atoms with Crippen molar-refractivity contribution in [3.63, 3.8) is 0 Å². The molecule has 0 bridgehead atoms. The van der Waals surface area contributed by atoms with E-state index < -0.39 is 0 Å². The van der Waals surface area contributed by atoms with Crippen LogP contribution in [0.1, 0.15) is 12.5 Å². The zero-order valence-corrected chi connectivity index (χ0v) is 17.6. The number of carbonyl (C=O) groups is 1. The molecule has 4 rings (SSSR count). The van der Waals surface area contributed by atoms with Gasteiger partial charge in [-0.25, -0.2) is 0 Å². The minimum absolute atomic E-state index is 0.0629. The van der Waals surface area contributed by atoms with Crippen LogP contribution in [0.15, 0.2) is 84.9 Å². The Morgan fingerprint density at radius 1 is 0.833 bits per heavy atom. The van der Waals surface area contributed by atoms with Crippen molar-refractivity contribution in [2.75, 3.05) is 31.5 Å². The first-order valence-corrected chi connectivity index (χ1v) is 10.9. The number of benzene rings is 3. The molecule has 0 radical (unpaired) electrons. The van der Waals surface area contributed by atoms with E-state index in [1.165, 1.54) is 10.5 Å². The van der Waals surface area contributed by atoms with Crippen molar-refractivity contribution in [2.45, 2.75) is 19.5 Å². The standard InChI is InChI=1S/C26H29N3O/c1-21(29-18-16-28(17-19-29)20-22-10-4-2-5-11-22)26(30)27-25-15-9-8-14-24(25)23-12-6-3-7-13-23/h2-15,21H,16-20H2,1H3,(H,27,30)/p+2/t21-/m1/s1. The molecular weight excluding hydrogens is 370 g/mol. The molecule has 1 saturated heterocycles. The summed E-state index contributed by atoms with van der Waals surface area (Å²) in [6, 6.07) is 28.9. The summed E-state index contributed by atoms with van der Waals surface area (Å²) in [5.41, 5.74) is 4.45. The van der Waals surface area contributed by atoms with Crippen molar-refractivity contribution in [2.24, 2.45) is 0 Å². The van der Waals surface area contributed by atoms with E-state index in [2.05, 4.69) is 60.8 Å². The first-order chi connectivity index (χ1) is 14.7. The minimum atomic E-state index is -0.0629. The number of rotatable bonds is 6. The molecule has 3 N–H and O–H groups in total. The molecule has 3 aromatic rings. The second kappa shape index (κ2) is 9.70. The summed E-state index contributed by atoms with van der Waals surface area (Å²) < 4.78 is 0. The molecule has 1 amide bonds. The van der Waals surface area contributed by atoms with Gasteiger partial charge in [-0.3, -0.25) is 4.79 Å². The third-order valence-electron chi connectivity index (χ3n) is 6.17. The van der Waals surface area contributed by atoms with E-state index in [4.69, 9.17) is 0 Å². The number of anilines is 1. The molecule has 1 fully saturated rings. The van der Waals surface area contributed by atoms with Crippen molar-refractivity contribution >= 4 is 11.6 Å². The molecule has 4 nitrogen and oxygen atoms in total. The lowest BCUT2D eigenvalue weighted by molar-refractivity contribution is -1.02. The Morgan fingerprint density at radius 3 is 2.13 bits per heavy atom. The molecule has 1 heterocycles. The maximum Gasteiger partial charge on any atom is 0.282 e. The van der Waals surface area contributed by atoms with Gasteiger partial charge in [-0.1, -0.05) is 78.9 Å². The van der Waals surface area contributed by atoms with Crippen LogP contribution in [0, 0.1) is 0 Å². The minimum Gasteiger partial charge on any atom is -0.322 e. The molecule has 0 aromatic heterocycles. The average molecular weight is 402 g/mol. The molecule has 30 heavy (non-hydrogen) atoms. The Balaban J connectivity index is 1.35. The first-order valence-electron chi connectivity index (χ1n) is 10.9. The monoisotopic (exact) mass is 401 g/mol. The van der Waals surface area contributed by atoms with Crippen molar-refractivity contribution in [3.05, 3.63) is 90.5 Å². The van der Waals surface area contributed by atoms with Crippen LogP contribution in [-0.2, 0) is 11.3 Å². The van der Waals surface area contributed by atoms with Crippen LogP contribution in [0.2, 0.25) is 0 Å². The summed E-state index contributed by atoms with van der Waals surface area (Å²) in [7, 11) is 0. The summed E-state index contributed by atoms with van der Waals surface area (Å²) >= 11 is 0. The van der Waals surface area contributed by atoms with Gasteiger partial charge in [-0.2, -0.15) is 0 Å². The van der Waals surface area contributed by atoms with E-state index in [1.807, 2.05) is 36.4 Å². The number of para-hydroxylation sites is 1. The zero-order valence-electron chi connectivity index (χ0n) is 17.6. The zero-order chi connectivity index (χ0) is 20.8. The largest absolute Gasteiger partial charge is 0.322 e. The molecule has 154 valence electrons. The van der Waals surface area contributed by atoms with E-state index in [9.17, 15) is 4.79 Å². The van der Waals surface area contributed by atoms with E-state index in [0.717, 1.165) is 49.5 Å². The van der Waals surface area contributed by atoms with Gasteiger partial charge in [0.25, 0.3) is 5.91 Å². The van der Waals surface area contributed by atoms with Crippen LogP contribution >= 0.6 is 0 Å². The van der Waals surface area contributed by atoms with Gasteiger partial charge in [0.05, 0.1) is 0 Å². The Hall–Kier alpha value is -2.95. The fraction of sp³-hybridized carbons (Fsp3) is 0.269. The number of amides is 1. The maximum absolute atomic E-state index is 13.0. The summed E-state index contributed by atoms with van der Waals surface area (Å²) in [6.07, 6.45) is 0. The second-order valence-electron chi connectivity index (χ2n) is 8.19. The topological polar surface area (TPSA) is 38.0 Å². The van der Waals surface area contributed by atoms with Crippen LogP contribution in [0.5, 0.6) is 0 Å². The highest BCUT2D eigenvalue weighted by molar-refractivity contribution is 5.97. The third-order valence-corrected chi connectivity index (χ3v) is 6.17. The lowest BCUT2D eigenvalue weighted by Gasteiger charge is -2.32. The number of hydrogen-bond acceptors (Lipinski definition) is 1. The van der Waals surface area contributed by atoms with Crippen molar-refractivity contribution in [3.8, 4) is 11.1 Å². The van der Waals surface area contributed by atoms with E-state index >= 15 is 0 Å². The van der Waals surface area contributed by atoms with Crippen molar-refractivity contribution < 1.29 is 14.6 Å². The molecule has 0 spiro atoms. The van der Waals surface area contributed by atoms with Gasteiger partial charge >= 0.3 is 0 Å². The van der Waals surface area contributed by atoms with Crippen LogP contribution in [-0.4, -0.2) is 38.1 Å². The smallest absolute Gasteiger partial charge is 0.282 e. The molecule has 4 heteroatoms. The van der Waals surface area contributed by atoms with Gasteiger partial charge in [-0.05, 0) is 18.6 Å². The average Bonchev–Trinajstić information content (AvgIpc) is 2.81. The summed E-state index contributed by atoms with van der Waals surface area (Å²) in [5.74, 6) is 0.0971. The number of piperazine rings is 1. The van der Waals surface area contributed by atoms with Gasteiger partial charge in [0.15, 0.2) is 6.04 Å². The fourth-order valence-corrected chi connectivity index (χ4v) is 4.31. The number of carbonyl (C=O) groups excluding carboxylic acids is 1. The van der Waals surface area contributed by atoms with Gasteiger partial charge < -0.3 is 15.1 Å². The van der Waals surface area contributed by atoms with E-state index in [0.29, 0.717) is 0 Å². The maximum atomic E-state index is 13.0. The molecule has 3 aromatic carbocycles. The molecule has 1 aliphatic heterocycles. The van der Waals surface area contributed by atoms with E-state index in [-0.39, 0.29) is 11.9 Å². The Labute approximate surface area is 179 Å². The van der Waals surface area contributed by atoms with Crippen molar-refractivity contribution in [1.82, 2.24) is 0 Å². The van der Waals surface area contributed by atoms with Crippen LogP contribution in [0.3, 0.4) is 0 Å². The van der Waals surface area contributed by atoms with Gasteiger partial charge in [0.2, 0.25) is 0 Å². The Bertz CT molecular complexity index is 950. The summed E-state index contributed by atoms with van der Waals surface area (Å²) in [4.78, 5) is 16.0. The van der Waals surface area contributed by atoms with Gasteiger partial charge in [0.1, 0.15) is 32.7 Å². The number of nitrogens with one attached hydrogen (secondary N) is 3. The van der Waals surface area contributed by atoms with Gasteiger partial charge in [-0.15, -0.1) is 0 Å². The van der Waals surface area contributed by atoms with Crippen LogP contribution in [0.4, 0.5) is 5.69 Å². The highest BCUT2D eigenvalue weighted by Crippen LogP contribution is 2.27. The Kier molecular flexibility index (Phi) is 6.57. The normalized spacial score (nSPS) is 19.8. The SMILES string of the molecule is C[C@H](C(=O)Nc1ccccc1-c1ccccc1)[NH+]1CC[NH+](Cc2ccccc2)CC1. The molecule has 0 aliphatic carbocycles. The lowest BCUT2D eigenvalue weighted by Crippen LogP contribution is -3.29. The number of quaternary nitrogens is 2. The quantitative estimate of drug-likeness (QED) is 0.578. The Morgan fingerprint density at radius 2 is 1.43 bits per heavy atom. The van der Waals surface area contributed by atoms with Crippen LogP contribution in [0.25, 0.3) is 11.1 Å². The predicted molar refractivity (Wildman–Crippen MR) is 122 cm³/mol. The molecular formula is C26H31N3O+2. The van der Waals surface area contributed by atoms with E-state index in [1.54, 1.807) is 4.90 Å². The number of hydrogen-bond donors (Lipinski definition) is 3. The lowest BCUT2D eigenvalue weighted by atomic mass is 10.0. The predicted octanol–water partition coefficient (Wildman–Crippen LogP) is 1.66. The molecule has 0 unspecified atom stereocenters. The van der Waals surface area contributed by atoms with Crippen molar-refractivity contribution in [1.29, 1.82) is 0 Å². The van der Waals surface area contributed by atoms with Crippen LogP contribution < -0.4 is 15.1 Å². The fourth-order valence-electron chi connectivity index (χ4n) is 4.31.